The first kappa shape index (κ1) is 10.0. The van der Waals surface area contributed by atoms with Crippen molar-refractivity contribution in [2.24, 2.45) is 0 Å². The molecule has 12 heavy (non-hydrogen) atoms. The first-order valence-electron chi connectivity index (χ1n) is 5.24. The molecule has 0 bridgehead atoms. The monoisotopic (exact) mass is 171 g/mol. The number of unbranched alkanes of at least 4 members (excludes halogenated alkanes) is 2. The van der Waals surface area contributed by atoms with Crippen LogP contribution in [-0.4, -0.2) is 23.8 Å². The van der Waals surface area contributed by atoms with E-state index in [1.807, 2.05) is 0 Å². The van der Waals surface area contributed by atoms with Crippen molar-refractivity contribution in [1.29, 1.82) is 0 Å². The van der Waals surface area contributed by atoms with E-state index in [0.717, 1.165) is 19.4 Å². The molecule has 1 heterocycles. The summed E-state index contributed by atoms with van der Waals surface area (Å²) in [6.45, 7) is 3.04. The maximum atomic E-state index is 9.24. The Morgan fingerprint density at radius 2 is 2.17 bits per heavy atom. The number of hydrogen-bond donors (Lipinski definition) is 2. The molecule has 0 spiro atoms. The number of hydrogen-bond acceptors (Lipinski definition) is 2. The van der Waals surface area contributed by atoms with E-state index in [0.29, 0.717) is 6.04 Å². The Morgan fingerprint density at radius 3 is 2.75 bits per heavy atom. The normalized spacial score (nSPS) is 30.5. The van der Waals surface area contributed by atoms with Gasteiger partial charge in [-0.15, -0.1) is 0 Å². The molecule has 1 aliphatic heterocycles. The minimum atomic E-state index is -0.0903. The third-order valence-corrected chi connectivity index (χ3v) is 2.65. The highest BCUT2D eigenvalue weighted by Crippen LogP contribution is 2.13. The summed E-state index contributed by atoms with van der Waals surface area (Å²) in [7, 11) is 0. The summed E-state index contributed by atoms with van der Waals surface area (Å²) < 4.78 is 0. The van der Waals surface area contributed by atoms with Gasteiger partial charge in [0.15, 0.2) is 0 Å². The molecule has 72 valence electrons. The van der Waals surface area contributed by atoms with Crippen LogP contribution >= 0.6 is 0 Å². The van der Waals surface area contributed by atoms with E-state index in [-0.39, 0.29) is 6.10 Å². The molecule has 0 aromatic rings. The van der Waals surface area contributed by atoms with Crippen LogP contribution in [0.4, 0.5) is 0 Å². The summed E-state index contributed by atoms with van der Waals surface area (Å²) in [6.07, 6.45) is 7.34. The Bertz CT molecular complexity index is 108. The fourth-order valence-corrected chi connectivity index (χ4v) is 1.79. The van der Waals surface area contributed by atoms with Crippen molar-refractivity contribution in [2.45, 2.75) is 57.6 Å². The highest BCUT2D eigenvalue weighted by molar-refractivity contribution is 4.76. The van der Waals surface area contributed by atoms with Crippen LogP contribution in [0, 0.1) is 0 Å². The van der Waals surface area contributed by atoms with Crippen molar-refractivity contribution < 1.29 is 5.11 Å². The summed E-state index contributed by atoms with van der Waals surface area (Å²) >= 11 is 0. The van der Waals surface area contributed by atoms with E-state index < -0.39 is 0 Å². The molecular weight excluding hydrogens is 150 g/mol. The third-order valence-electron chi connectivity index (χ3n) is 2.65. The quantitative estimate of drug-likeness (QED) is 0.631. The van der Waals surface area contributed by atoms with Crippen LogP contribution in [0.1, 0.15) is 45.4 Å². The predicted molar refractivity (Wildman–Crippen MR) is 51.2 cm³/mol. The van der Waals surface area contributed by atoms with Crippen molar-refractivity contribution in [1.82, 2.24) is 5.32 Å². The fraction of sp³-hybridized carbons (Fsp3) is 1.00. The summed E-state index contributed by atoms with van der Waals surface area (Å²) in [4.78, 5) is 0. The lowest BCUT2D eigenvalue weighted by Gasteiger charge is -2.26. The molecule has 0 radical (unpaired) electrons. The lowest BCUT2D eigenvalue weighted by molar-refractivity contribution is 0.124. The molecule has 2 N–H and O–H groups in total. The zero-order valence-corrected chi connectivity index (χ0v) is 8.05. The number of aliphatic hydroxyl groups is 1. The summed E-state index contributed by atoms with van der Waals surface area (Å²) in [5, 5.41) is 12.6. The van der Waals surface area contributed by atoms with Gasteiger partial charge in [-0.25, -0.2) is 0 Å². The highest BCUT2D eigenvalue weighted by Gasteiger charge is 2.17. The minimum Gasteiger partial charge on any atom is -0.392 e. The average molecular weight is 171 g/mol. The van der Waals surface area contributed by atoms with Crippen molar-refractivity contribution in [3.8, 4) is 0 Å². The van der Waals surface area contributed by atoms with Gasteiger partial charge in [0.05, 0.1) is 6.10 Å². The molecule has 1 aliphatic rings. The molecule has 2 heteroatoms. The van der Waals surface area contributed by atoms with E-state index in [1.54, 1.807) is 0 Å². The van der Waals surface area contributed by atoms with Gasteiger partial charge in [-0.3, -0.25) is 0 Å². The van der Waals surface area contributed by atoms with E-state index in [9.17, 15) is 5.11 Å². The zero-order valence-electron chi connectivity index (χ0n) is 8.05. The second-order valence-corrected chi connectivity index (χ2v) is 3.83. The van der Waals surface area contributed by atoms with Crippen LogP contribution in [0.5, 0.6) is 0 Å². The standard InChI is InChI=1S/C10H21NO/c1-2-3-4-5-9-6-7-10(12)8-11-9/h9-12H,2-8H2,1H3. The minimum absolute atomic E-state index is 0.0903. The second kappa shape index (κ2) is 5.55. The molecule has 0 aromatic carbocycles. The van der Waals surface area contributed by atoms with Gasteiger partial charge >= 0.3 is 0 Å². The van der Waals surface area contributed by atoms with Crippen molar-refractivity contribution >= 4 is 0 Å². The van der Waals surface area contributed by atoms with Crippen LogP contribution in [-0.2, 0) is 0 Å². The van der Waals surface area contributed by atoms with Gasteiger partial charge in [-0.1, -0.05) is 26.2 Å². The largest absolute Gasteiger partial charge is 0.392 e. The highest BCUT2D eigenvalue weighted by atomic mass is 16.3. The van der Waals surface area contributed by atoms with Gasteiger partial charge in [0.1, 0.15) is 0 Å². The summed E-state index contributed by atoms with van der Waals surface area (Å²) in [5.74, 6) is 0. The Hall–Kier alpha value is -0.0800. The molecule has 0 aromatic heterocycles. The lowest BCUT2D eigenvalue weighted by Crippen LogP contribution is -2.41. The van der Waals surface area contributed by atoms with Crippen LogP contribution in [0.15, 0.2) is 0 Å². The molecule has 0 amide bonds. The van der Waals surface area contributed by atoms with Crippen molar-refractivity contribution in [3.63, 3.8) is 0 Å². The predicted octanol–water partition coefficient (Wildman–Crippen LogP) is 1.68. The molecule has 0 saturated carbocycles. The second-order valence-electron chi connectivity index (χ2n) is 3.83. The van der Waals surface area contributed by atoms with Crippen LogP contribution in [0.3, 0.4) is 0 Å². The number of piperidine rings is 1. The molecule has 0 aliphatic carbocycles. The maximum Gasteiger partial charge on any atom is 0.0665 e. The van der Waals surface area contributed by atoms with Gasteiger partial charge in [0, 0.05) is 12.6 Å². The number of nitrogens with one attached hydrogen (secondary N) is 1. The molecule has 2 atom stereocenters. The smallest absolute Gasteiger partial charge is 0.0665 e. The molecule has 1 saturated heterocycles. The maximum absolute atomic E-state index is 9.24. The SMILES string of the molecule is CCCCCC1CCC(O)CN1. The molecular formula is C10H21NO. The molecule has 2 nitrogen and oxygen atoms in total. The third kappa shape index (κ3) is 3.55. The molecule has 2 unspecified atom stereocenters. The Balaban J connectivity index is 2.01. The van der Waals surface area contributed by atoms with E-state index in [1.165, 1.54) is 25.7 Å². The first-order valence-corrected chi connectivity index (χ1v) is 5.24. The van der Waals surface area contributed by atoms with Crippen LogP contribution in [0.2, 0.25) is 0 Å². The Morgan fingerprint density at radius 1 is 1.33 bits per heavy atom. The molecule has 1 rings (SSSR count). The van der Waals surface area contributed by atoms with Crippen molar-refractivity contribution in [2.75, 3.05) is 6.54 Å². The van der Waals surface area contributed by atoms with Crippen LogP contribution in [0.25, 0.3) is 0 Å². The van der Waals surface area contributed by atoms with E-state index in [2.05, 4.69) is 12.2 Å². The van der Waals surface area contributed by atoms with Gasteiger partial charge in [0.25, 0.3) is 0 Å². The number of aliphatic hydroxyl groups excluding tert-OH is 1. The van der Waals surface area contributed by atoms with E-state index >= 15 is 0 Å². The number of rotatable bonds is 4. The summed E-state index contributed by atoms with van der Waals surface area (Å²) in [5.41, 5.74) is 0. The van der Waals surface area contributed by atoms with Crippen molar-refractivity contribution in [3.05, 3.63) is 0 Å². The molecule has 1 fully saturated rings. The van der Waals surface area contributed by atoms with Crippen LogP contribution < -0.4 is 5.32 Å². The van der Waals surface area contributed by atoms with Gasteiger partial charge in [0.2, 0.25) is 0 Å². The average Bonchev–Trinajstić information content (AvgIpc) is 2.09. The van der Waals surface area contributed by atoms with Gasteiger partial charge in [-0.2, -0.15) is 0 Å². The number of β-amino-alcohol motifs (C(OH)–C–C–N with tert-alkyl or cyclic N) is 1. The van der Waals surface area contributed by atoms with Gasteiger partial charge in [-0.05, 0) is 19.3 Å². The lowest BCUT2D eigenvalue weighted by atomic mass is 9.98. The zero-order chi connectivity index (χ0) is 8.81. The Kier molecular flexibility index (Phi) is 4.62. The topological polar surface area (TPSA) is 32.3 Å². The van der Waals surface area contributed by atoms with Gasteiger partial charge < -0.3 is 10.4 Å². The van der Waals surface area contributed by atoms with E-state index in [4.69, 9.17) is 0 Å². The first-order chi connectivity index (χ1) is 5.83. The Labute approximate surface area is 75.4 Å². The summed E-state index contributed by atoms with van der Waals surface area (Å²) in [6, 6.07) is 0.681. The fourth-order valence-electron chi connectivity index (χ4n) is 1.79.